The standard InChI is InChI=1S/C12H16N2O3S/c1-17-8-4-6-11(16)14-12-13-9-10(18-12)5-2-3-7-15/h9,15H,3-4,6-8H2,1H3,(H,13,14,16). The van der Waals surface area contributed by atoms with Crippen LogP contribution in [0.4, 0.5) is 5.13 Å². The summed E-state index contributed by atoms with van der Waals surface area (Å²) in [4.78, 5) is 16.3. The number of aliphatic hydroxyl groups excluding tert-OH is 1. The molecular weight excluding hydrogens is 252 g/mol. The predicted molar refractivity (Wildman–Crippen MR) is 70.4 cm³/mol. The van der Waals surface area contributed by atoms with Crippen molar-refractivity contribution in [2.24, 2.45) is 0 Å². The van der Waals surface area contributed by atoms with Crippen molar-refractivity contribution in [3.63, 3.8) is 0 Å². The number of thiazole rings is 1. The lowest BCUT2D eigenvalue weighted by Gasteiger charge is -2.00. The first-order valence-electron chi connectivity index (χ1n) is 5.60. The molecule has 0 saturated carbocycles. The van der Waals surface area contributed by atoms with E-state index in [4.69, 9.17) is 9.84 Å². The summed E-state index contributed by atoms with van der Waals surface area (Å²) in [6.45, 7) is 0.623. The van der Waals surface area contributed by atoms with Crippen molar-refractivity contribution in [1.29, 1.82) is 0 Å². The van der Waals surface area contributed by atoms with Crippen LogP contribution in [0, 0.1) is 11.8 Å². The SMILES string of the molecule is COCCCC(=O)Nc1ncc(C#CCCO)s1. The van der Waals surface area contributed by atoms with Gasteiger partial charge >= 0.3 is 0 Å². The maximum atomic E-state index is 11.5. The van der Waals surface area contributed by atoms with Gasteiger partial charge in [0.15, 0.2) is 5.13 Å². The smallest absolute Gasteiger partial charge is 0.226 e. The van der Waals surface area contributed by atoms with Crippen LogP contribution in [0.1, 0.15) is 24.1 Å². The first-order chi connectivity index (χ1) is 8.76. The van der Waals surface area contributed by atoms with Crippen LogP contribution in [0.15, 0.2) is 6.20 Å². The minimum atomic E-state index is -0.0729. The Balaban J connectivity index is 2.39. The van der Waals surface area contributed by atoms with Crippen molar-refractivity contribution in [3.05, 3.63) is 11.1 Å². The van der Waals surface area contributed by atoms with Crippen LogP contribution in [-0.4, -0.2) is 36.3 Å². The minimum absolute atomic E-state index is 0.0505. The van der Waals surface area contributed by atoms with Gasteiger partial charge in [-0.3, -0.25) is 4.79 Å². The Hall–Kier alpha value is -1.42. The Bertz CT molecular complexity index is 434. The van der Waals surface area contributed by atoms with E-state index in [1.54, 1.807) is 13.3 Å². The summed E-state index contributed by atoms with van der Waals surface area (Å²) < 4.78 is 4.87. The van der Waals surface area contributed by atoms with Gasteiger partial charge in [-0.1, -0.05) is 23.2 Å². The van der Waals surface area contributed by atoms with Crippen LogP contribution in [0.5, 0.6) is 0 Å². The van der Waals surface area contributed by atoms with E-state index in [2.05, 4.69) is 22.1 Å². The van der Waals surface area contributed by atoms with Crippen LogP contribution >= 0.6 is 11.3 Å². The summed E-state index contributed by atoms with van der Waals surface area (Å²) in [6.07, 6.45) is 3.16. The van der Waals surface area contributed by atoms with Crippen molar-refractivity contribution < 1.29 is 14.6 Å². The van der Waals surface area contributed by atoms with E-state index in [0.29, 0.717) is 31.0 Å². The van der Waals surface area contributed by atoms with Crippen LogP contribution in [0.2, 0.25) is 0 Å². The molecule has 0 atom stereocenters. The number of aliphatic hydroxyl groups is 1. The van der Waals surface area contributed by atoms with Gasteiger partial charge in [0.1, 0.15) is 0 Å². The van der Waals surface area contributed by atoms with Crippen LogP contribution < -0.4 is 5.32 Å². The highest BCUT2D eigenvalue weighted by Gasteiger charge is 2.05. The number of nitrogens with one attached hydrogen (secondary N) is 1. The summed E-state index contributed by atoms with van der Waals surface area (Å²) in [7, 11) is 1.61. The number of rotatable bonds is 6. The number of hydrogen-bond donors (Lipinski definition) is 2. The molecule has 0 fully saturated rings. The molecule has 0 saturated heterocycles. The molecule has 18 heavy (non-hydrogen) atoms. The van der Waals surface area contributed by atoms with E-state index in [9.17, 15) is 4.79 Å². The number of methoxy groups -OCH3 is 1. The summed E-state index contributed by atoms with van der Waals surface area (Å²) in [6, 6.07) is 0. The molecule has 0 aromatic carbocycles. The molecule has 98 valence electrons. The van der Waals surface area contributed by atoms with Gasteiger partial charge in [0.05, 0.1) is 17.7 Å². The molecule has 0 unspecified atom stereocenters. The molecule has 1 heterocycles. The Morgan fingerprint density at radius 2 is 2.50 bits per heavy atom. The van der Waals surface area contributed by atoms with Crippen molar-refractivity contribution >= 4 is 22.4 Å². The Morgan fingerprint density at radius 3 is 3.22 bits per heavy atom. The molecule has 0 bridgehead atoms. The number of anilines is 1. The fourth-order valence-corrected chi connectivity index (χ4v) is 1.86. The summed E-state index contributed by atoms with van der Waals surface area (Å²) in [5.41, 5.74) is 0. The molecule has 1 aromatic heterocycles. The normalized spacial score (nSPS) is 9.67. The fourth-order valence-electron chi connectivity index (χ4n) is 1.15. The molecule has 5 nitrogen and oxygen atoms in total. The topological polar surface area (TPSA) is 71.5 Å². The third kappa shape index (κ3) is 5.77. The zero-order valence-electron chi connectivity index (χ0n) is 10.2. The molecule has 1 amide bonds. The van der Waals surface area contributed by atoms with Gasteiger partial charge in [-0.15, -0.1) is 0 Å². The number of nitrogens with zero attached hydrogens (tertiary/aromatic N) is 1. The second-order valence-corrected chi connectivity index (χ2v) is 4.48. The lowest BCUT2D eigenvalue weighted by molar-refractivity contribution is -0.116. The molecule has 0 aliphatic heterocycles. The average Bonchev–Trinajstić information content (AvgIpc) is 2.77. The highest BCUT2D eigenvalue weighted by Crippen LogP contribution is 2.17. The van der Waals surface area contributed by atoms with Crippen molar-refractivity contribution in [2.75, 3.05) is 25.6 Å². The number of aromatic nitrogens is 1. The van der Waals surface area contributed by atoms with E-state index in [1.807, 2.05) is 0 Å². The van der Waals surface area contributed by atoms with Gasteiger partial charge in [-0.2, -0.15) is 0 Å². The van der Waals surface area contributed by atoms with Gasteiger partial charge in [0.2, 0.25) is 5.91 Å². The number of amides is 1. The molecule has 2 N–H and O–H groups in total. The number of ether oxygens (including phenoxy) is 1. The summed E-state index contributed by atoms with van der Waals surface area (Å²) in [5.74, 6) is 5.59. The molecule has 6 heteroatoms. The molecule has 0 spiro atoms. The Labute approximate surface area is 110 Å². The van der Waals surface area contributed by atoms with Crippen molar-refractivity contribution in [3.8, 4) is 11.8 Å². The van der Waals surface area contributed by atoms with Crippen molar-refractivity contribution in [1.82, 2.24) is 4.98 Å². The zero-order valence-corrected chi connectivity index (χ0v) is 11.0. The minimum Gasteiger partial charge on any atom is -0.395 e. The predicted octanol–water partition coefficient (Wildman–Crippen LogP) is 1.24. The lowest BCUT2D eigenvalue weighted by Crippen LogP contribution is -2.11. The fraction of sp³-hybridized carbons (Fsp3) is 0.500. The molecule has 1 rings (SSSR count). The van der Waals surface area contributed by atoms with E-state index >= 15 is 0 Å². The van der Waals surface area contributed by atoms with Gasteiger partial charge in [-0.05, 0) is 6.42 Å². The highest BCUT2D eigenvalue weighted by molar-refractivity contribution is 7.16. The zero-order chi connectivity index (χ0) is 13.2. The van der Waals surface area contributed by atoms with Crippen LogP contribution in [0.3, 0.4) is 0 Å². The average molecular weight is 268 g/mol. The second kappa shape index (κ2) is 8.64. The lowest BCUT2D eigenvalue weighted by atomic mass is 10.3. The summed E-state index contributed by atoms with van der Waals surface area (Å²) >= 11 is 1.32. The number of carbonyl (C=O) groups excluding carboxylic acids is 1. The Morgan fingerprint density at radius 1 is 1.67 bits per heavy atom. The first kappa shape index (κ1) is 14.6. The van der Waals surface area contributed by atoms with Crippen LogP contribution in [0.25, 0.3) is 0 Å². The maximum Gasteiger partial charge on any atom is 0.226 e. The third-order valence-electron chi connectivity index (χ3n) is 1.95. The second-order valence-electron chi connectivity index (χ2n) is 3.45. The number of hydrogen-bond acceptors (Lipinski definition) is 5. The molecule has 0 aliphatic carbocycles. The Kier molecular flexibility index (Phi) is 7.03. The van der Waals surface area contributed by atoms with Gasteiger partial charge in [-0.25, -0.2) is 4.98 Å². The van der Waals surface area contributed by atoms with Gasteiger partial charge in [0.25, 0.3) is 0 Å². The molecule has 0 radical (unpaired) electrons. The van der Waals surface area contributed by atoms with E-state index in [1.165, 1.54) is 11.3 Å². The van der Waals surface area contributed by atoms with E-state index in [-0.39, 0.29) is 12.5 Å². The van der Waals surface area contributed by atoms with Gasteiger partial charge < -0.3 is 15.2 Å². The first-order valence-corrected chi connectivity index (χ1v) is 6.42. The number of carbonyl (C=O) groups is 1. The van der Waals surface area contributed by atoms with E-state index in [0.717, 1.165) is 4.88 Å². The molecular formula is C12H16N2O3S. The van der Waals surface area contributed by atoms with Gasteiger partial charge in [0, 0.05) is 26.6 Å². The largest absolute Gasteiger partial charge is 0.395 e. The highest BCUT2D eigenvalue weighted by atomic mass is 32.1. The monoisotopic (exact) mass is 268 g/mol. The molecule has 1 aromatic rings. The quantitative estimate of drug-likeness (QED) is 0.601. The maximum absolute atomic E-state index is 11.5. The third-order valence-corrected chi connectivity index (χ3v) is 2.78. The van der Waals surface area contributed by atoms with Crippen molar-refractivity contribution in [2.45, 2.75) is 19.3 Å². The van der Waals surface area contributed by atoms with E-state index < -0.39 is 0 Å². The molecule has 0 aliphatic rings. The summed E-state index contributed by atoms with van der Waals surface area (Å²) in [5, 5.41) is 11.8. The van der Waals surface area contributed by atoms with Crippen LogP contribution in [-0.2, 0) is 9.53 Å².